The number of carboxylic acid groups (broad SMARTS) is 2. The average molecular weight is 542 g/mol. The predicted molar refractivity (Wildman–Crippen MR) is 100 cm³/mol. The minimum atomic E-state index is -0.833. The van der Waals surface area contributed by atoms with Gasteiger partial charge < -0.3 is 10.2 Å². The number of carbonyl (C=O) groups is 2. The Balaban J connectivity index is -0.000000128. The van der Waals surface area contributed by atoms with E-state index < -0.39 is 11.9 Å². The molecule has 0 saturated heterocycles. The van der Waals surface area contributed by atoms with Gasteiger partial charge in [-0.2, -0.15) is 0 Å². The second-order valence-electron chi connectivity index (χ2n) is 5.23. The van der Waals surface area contributed by atoms with Crippen LogP contribution in [0.25, 0.3) is 0 Å². The zero-order chi connectivity index (χ0) is 18.5. The Morgan fingerprint density at radius 2 is 0.577 bits per heavy atom. The molecule has 2 rings (SSSR count). The van der Waals surface area contributed by atoms with Gasteiger partial charge in [0.2, 0.25) is 0 Å². The van der Waals surface area contributed by atoms with Gasteiger partial charge in [-0.1, -0.05) is 48.6 Å². The van der Waals surface area contributed by atoms with Gasteiger partial charge in [-0.05, 0) is 51.4 Å². The van der Waals surface area contributed by atoms with Crippen molar-refractivity contribution < 1.29 is 58.8 Å². The SMILES string of the molecule is C1=C\CC/C=C\CC/1.C1=C\CC/C=C\CC/1.CC(=O)O.CC(=O)O.[Rh].[Rh]. The van der Waals surface area contributed by atoms with E-state index in [1.54, 1.807) is 0 Å². The molecule has 2 aliphatic rings. The summed E-state index contributed by atoms with van der Waals surface area (Å²) in [7, 11) is 0. The van der Waals surface area contributed by atoms with Gasteiger partial charge in [0.1, 0.15) is 0 Å². The van der Waals surface area contributed by atoms with E-state index in [2.05, 4.69) is 48.6 Å². The normalized spacial score (nSPS) is 19.2. The summed E-state index contributed by atoms with van der Waals surface area (Å²) in [6.45, 7) is 2.17. The molecule has 26 heavy (non-hydrogen) atoms. The molecule has 0 amide bonds. The summed E-state index contributed by atoms with van der Waals surface area (Å²) >= 11 is 0. The Labute approximate surface area is 184 Å². The van der Waals surface area contributed by atoms with Crippen molar-refractivity contribution in [3.8, 4) is 0 Å². The van der Waals surface area contributed by atoms with E-state index in [1.807, 2.05) is 0 Å². The third-order valence-electron chi connectivity index (χ3n) is 2.67. The van der Waals surface area contributed by atoms with E-state index in [9.17, 15) is 0 Å². The molecule has 0 atom stereocenters. The van der Waals surface area contributed by atoms with Crippen LogP contribution in [-0.4, -0.2) is 22.2 Å². The van der Waals surface area contributed by atoms with E-state index in [-0.39, 0.29) is 39.0 Å². The molecule has 0 aromatic carbocycles. The first-order valence-corrected chi connectivity index (χ1v) is 8.45. The second-order valence-corrected chi connectivity index (χ2v) is 5.23. The number of aliphatic carboxylic acids is 2. The molecule has 2 radical (unpaired) electrons. The fourth-order valence-electron chi connectivity index (χ4n) is 1.71. The van der Waals surface area contributed by atoms with E-state index >= 15 is 0 Å². The number of hydrogen-bond acceptors (Lipinski definition) is 2. The van der Waals surface area contributed by atoms with Gasteiger partial charge in [0.05, 0.1) is 0 Å². The molecule has 0 unspecified atom stereocenters. The largest absolute Gasteiger partial charge is 0.481 e. The fraction of sp³-hybridized carbons (Fsp3) is 0.500. The molecule has 0 bridgehead atoms. The van der Waals surface area contributed by atoms with Crippen LogP contribution in [0.2, 0.25) is 0 Å². The maximum absolute atomic E-state index is 9.00. The molecule has 0 fully saturated rings. The first-order valence-electron chi connectivity index (χ1n) is 8.45. The number of allylic oxidation sites excluding steroid dienone is 8. The molecule has 0 aliphatic heterocycles. The van der Waals surface area contributed by atoms with Crippen molar-refractivity contribution in [1.82, 2.24) is 0 Å². The van der Waals surface area contributed by atoms with Crippen LogP contribution in [0.5, 0.6) is 0 Å². The van der Waals surface area contributed by atoms with Crippen molar-refractivity contribution in [3.63, 3.8) is 0 Å². The van der Waals surface area contributed by atoms with Gasteiger partial charge in [0.15, 0.2) is 0 Å². The first-order chi connectivity index (χ1) is 11.5. The van der Waals surface area contributed by atoms with Crippen molar-refractivity contribution in [2.24, 2.45) is 0 Å². The van der Waals surface area contributed by atoms with Crippen LogP contribution >= 0.6 is 0 Å². The molecule has 2 aliphatic carbocycles. The van der Waals surface area contributed by atoms with E-state index in [0.717, 1.165) is 13.8 Å². The van der Waals surface area contributed by atoms with Crippen molar-refractivity contribution in [2.75, 3.05) is 0 Å². The summed E-state index contributed by atoms with van der Waals surface area (Å²) in [4.78, 5) is 18.0. The number of rotatable bonds is 0. The number of carboxylic acids is 2. The molecule has 4 nitrogen and oxygen atoms in total. The Morgan fingerprint density at radius 3 is 0.654 bits per heavy atom. The Morgan fingerprint density at radius 1 is 0.500 bits per heavy atom. The second kappa shape index (κ2) is 28.9. The topological polar surface area (TPSA) is 74.6 Å². The zero-order valence-electron chi connectivity index (χ0n) is 15.7. The Kier molecular flexibility index (Phi) is 36.5. The molecule has 154 valence electrons. The minimum absolute atomic E-state index is 0. The summed E-state index contributed by atoms with van der Waals surface area (Å²) in [5.74, 6) is -1.67. The molecule has 2 N–H and O–H groups in total. The molecular weight excluding hydrogens is 510 g/mol. The van der Waals surface area contributed by atoms with Gasteiger partial charge in [-0.25, -0.2) is 0 Å². The predicted octanol–water partition coefficient (Wildman–Crippen LogP) is 5.52. The van der Waals surface area contributed by atoms with Crippen LogP contribution in [0.4, 0.5) is 0 Å². The molecule has 0 saturated carbocycles. The molecule has 0 aromatic rings. The molecule has 0 heterocycles. The molecular formula is C20H32O4Rh2. The van der Waals surface area contributed by atoms with Crippen LogP contribution in [0, 0.1) is 0 Å². The standard InChI is InChI=1S/2C8H12.2C2H4O2.2Rh/c2*1-2-4-6-8-7-5-3-1;2*1-2(3)4;;/h2*1-2,7-8H,3-6H2;2*1H3,(H,3,4);;/b2*2-1-,8-7-;;;;. The van der Waals surface area contributed by atoms with Gasteiger partial charge in [-0.15, -0.1) is 0 Å². The van der Waals surface area contributed by atoms with Crippen LogP contribution in [0.1, 0.15) is 65.2 Å². The Hall–Kier alpha value is -0.853. The molecule has 6 heteroatoms. The Bertz CT molecular complexity index is 328. The van der Waals surface area contributed by atoms with Crippen LogP contribution in [0.3, 0.4) is 0 Å². The summed E-state index contributed by atoms with van der Waals surface area (Å²) in [6.07, 6.45) is 28.0. The van der Waals surface area contributed by atoms with E-state index in [0.29, 0.717) is 0 Å². The fourth-order valence-corrected chi connectivity index (χ4v) is 1.71. The quantitative estimate of drug-likeness (QED) is 0.312. The first kappa shape index (κ1) is 32.8. The average Bonchev–Trinajstić information content (AvgIpc) is 2.35. The maximum atomic E-state index is 9.00. The third kappa shape index (κ3) is 49.5. The smallest absolute Gasteiger partial charge is 0.300 e. The third-order valence-corrected chi connectivity index (χ3v) is 2.67. The summed E-state index contributed by atoms with van der Waals surface area (Å²) in [5.41, 5.74) is 0. The summed E-state index contributed by atoms with van der Waals surface area (Å²) < 4.78 is 0. The van der Waals surface area contributed by atoms with Crippen molar-refractivity contribution in [3.05, 3.63) is 48.6 Å². The van der Waals surface area contributed by atoms with Crippen molar-refractivity contribution in [2.45, 2.75) is 65.2 Å². The molecule has 0 spiro atoms. The van der Waals surface area contributed by atoms with Gasteiger partial charge in [-0.3, -0.25) is 9.59 Å². The van der Waals surface area contributed by atoms with Crippen molar-refractivity contribution >= 4 is 11.9 Å². The monoisotopic (exact) mass is 542 g/mol. The van der Waals surface area contributed by atoms with Gasteiger partial charge in [0.25, 0.3) is 11.9 Å². The van der Waals surface area contributed by atoms with Crippen LogP contribution < -0.4 is 0 Å². The van der Waals surface area contributed by atoms with Crippen molar-refractivity contribution in [1.29, 1.82) is 0 Å². The van der Waals surface area contributed by atoms with Gasteiger partial charge >= 0.3 is 0 Å². The minimum Gasteiger partial charge on any atom is -0.481 e. The zero-order valence-corrected chi connectivity index (χ0v) is 18.9. The summed E-state index contributed by atoms with van der Waals surface area (Å²) in [6, 6.07) is 0. The summed E-state index contributed by atoms with van der Waals surface area (Å²) in [5, 5.41) is 14.8. The van der Waals surface area contributed by atoms with Crippen LogP contribution in [-0.2, 0) is 48.5 Å². The van der Waals surface area contributed by atoms with Gasteiger partial charge in [0, 0.05) is 52.8 Å². The van der Waals surface area contributed by atoms with Crippen LogP contribution in [0.15, 0.2) is 48.6 Å². The maximum Gasteiger partial charge on any atom is 0.300 e. The number of hydrogen-bond donors (Lipinski definition) is 2. The molecule has 0 aromatic heterocycles. The van der Waals surface area contributed by atoms with E-state index in [1.165, 1.54) is 51.4 Å². The van der Waals surface area contributed by atoms with E-state index in [4.69, 9.17) is 19.8 Å².